The molecule has 2 aromatic carbocycles. The van der Waals surface area contributed by atoms with Gasteiger partial charge in [-0.1, -0.05) is 48.5 Å². The van der Waals surface area contributed by atoms with Gasteiger partial charge >= 0.3 is 18.2 Å². The first-order chi connectivity index (χ1) is 14.7. The van der Waals surface area contributed by atoms with Gasteiger partial charge < -0.3 is 19.9 Å². The number of rotatable bonds is 4. The third kappa shape index (κ3) is 2.90. The van der Waals surface area contributed by atoms with Gasteiger partial charge in [0.15, 0.2) is 11.7 Å². The van der Waals surface area contributed by atoms with Crippen molar-refractivity contribution in [1.82, 2.24) is 5.32 Å². The Balaban J connectivity index is 1.32. The van der Waals surface area contributed by atoms with Crippen LogP contribution in [0.25, 0.3) is 11.1 Å². The minimum absolute atomic E-state index is 0.0580. The number of hydrogen-bond donors (Lipinski definition) is 2. The predicted octanol–water partition coefficient (Wildman–Crippen LogP) is 3.84. The van der Waals surface area contributed by atoms with E-state index in [1.807, 2.05) is 48.5 Å². The van der Waals surface area contributed by atoms with Crippen molar-refractivity contribution in [2.75, 3.05) is 6.61 Å². The molecule has 0 aromatic heterocycles. The predicted molar refractivity (Wildman–Crippen MR) is 101 cm³/mol. The number of nitrogens with one attached hydrogen (secondary N) is 1. The van der Waals surface area contributed by atoms with Crippen molar-refractivity contribution in [3.8, 4) is 11.1 Å². The van der Waals surface area contributed by atoms with Crippen LogP contribution in [0.4, 0.5) is 18.0 Å². The molecule has 1 atom stereocenters. The van der Waals surface area contributed by atoms with Crippen LogP contribution in [-0.2, 0) is 14.3 Å². The summed E-state index contributed by atoms with van der Waals surface area (Å²) >= 11 is 0. The quantitative estimate of drug-likeness (QED) is 0.766. The van der Waals surface area contributed by atoms with Crippen LogP contribution in [-0.4, -0.2) is 47.2 Å². The van der Waals surface area contributed by atoms with Gasteiger partial charge in [-0.2, -0.15) is 13.2 Å². The average molecular weight is 433 g/mol. The Labute approximate surface area is 175 Å². The van der Waals surface area contributed by atoms with Gasteiger partial charge in [-0.15, -0.1) is 0 Å². The molecule has 1 unspecified atom stereocenters. The lowest BCUT2D eigenvalue weighted by Gasteiger charge is -2.42. The zero-order valence-corrected chi connectivity index (χ0v) is 16.1. The second-order valence-electron chi connectivity index (χ2n) is 8.30. The summed E-state index contributed by atoms with van der Waals surface area (Å²) in [5.74, 6) is -1.71. The van der Waals surface area contributed by atoms with Crippen LogP contribution in [0.3, 0.4) is 0 Å². The summed E-state index contributed by atoms with van der Waals surface area (Å²) in [5, 5.41) is 11.5. The minimum atomic E-state index is -4.82. The first-order valence-electron chi connectivity index (χ1n) is 9.76. The Hall–Kier alpha value is -3.07. The number of halogens is 3. The van der Waals surface area contributed by atoms with E-state index in [9.17, 15) is 27.9 Å². The zero-order chi connectivity index (χ0) is 22.0. The molecule has 6 nitrogen and oxygen atoms in total. The van der Waals surface area contributed by atoms with Gasteiger partial charge in [0.25, 0.3) is 0 Å². The van der Waals surface area contributed by atoms with Gasteiger partial charge in [-0.25, -0.2) is 9.59 Å². The van der Waals surface area contributed by atoms with Crippen molar-refractivity contribution >= 4 is 12.1 Å². The number of hydrogen-bond acceptors (Lipinski definition) is 4. The number of aliphatic carboxylic acids is 1. The Bertz CT molecular complexity index is 1030. The molecule has 1 saturated carbocycles. The SMILES string of the molecule is O=C(NC12CC(C(=O)O)(C1)OC2C(F)(F)F)OCC1c2ccccc2-c2ccccc21. The zero-order valence-electron chi connectivity index (χ0n) is 16.1. The van der Waals surface area contributed by atoms with Crippen molar-refractivity contribution in [1.29, 1.82) is 0 Å². The number of carbonyl (C=O) groups is 2. The maximum absolute atomic E-state index is 13.4. The highest BCUT2D eigenvalue weighted by molar-refractivity contribution is 5.82. The highest BCUT2D eigenvalue weighted by Crippen LogP contribution is 2.59. The van der Waals surface area contributed by atoms with E-state index in [4.69, 9.17) is 9.47 Å². The minimum Gasteiger partial charge on any atom is -0.479 e. The number of carboxylic acids is 1. The molecule has 31 heavy (non-hydrogen) atoms. The van der Waals surface area contributed by atoms with E-state index in [0.29, 0.717) is 0 Å². The summed E-state index contributed by atoms with van der Waals surface area (Å²) in [4.78, 5) is 23.8. The number of alkyl carbamates (subject to hydrolysis) is 1. The molecule has 2 aliphatic heterocycles. The van der Waals surface area contributed by atoms with Crippen LogP contribution in [0.5, 0.6) is 0 Å². The normalized spacial score (nSPS) is 28.4. The van der Waals surface area contributed by atoms with Crippen LogP contribution in [0.2, 0.25) is 0 Å². The summed E-state index contributed by atoms with van der Waals surface area (Å²) in [6, 6.07) is 15.4. The molecule has 2 N–H and O–H groups in total. The molecule has 162 valence electrons. The first-order valence-corrected chi connectivity index (χ1v) is 9.76. The smallest absolute Gasteiger partial charge is 0.416 e. The van der Waals surface area contributed by atoms with Crippen LogP contribution >= 0.6 is 0 Å². The molecule has 2 bridgehead atoms. The fraction of sp³-hybridized carbons (Fsp3) is 0.364. The highest BCUT2D eigenvalue weighted by atomic mass is 19.4. The molecule has 4 aliphatic rings. The van der Waals surface area contributed by atoms with Crippen molar-refractivity contribution in [3.63, 3.8) is 0 Å². The van der Waals surface area contributed by atoms with Gasteiger partial charge in [0, 0.05) is 18.8 Å². The van der Waals surface area contributed by atoms with Gasteiger partial charge in [0.2, 0.25) is 0 Å². The summed E-state index contributed by atoms with van der Waals surface area (Å²) in [5.41, 5.74) is 0.242. The Morgan fingerprint density at radius 2 is 1.61 bits per heavy atom. The molecule has 3 fully saturated rings. The topological polar surface area (TPSA) is 84.9 Å². The van der Waals surface area contributed by atoms with E-state index in [2.05, 4.69) is 5.32 Å². The van der Waals surface area contributed by atoms with E-state index in [-0.39, 0.29) is 12.5 Å². The van der Waals surface area contributed by atoms with E-state index in [0.717, 1.165) is 22.3 Å². The molecular weight excluding hydrogens is 415 g/mol. The lowest BCUT2D eigenvalue weighted by atomic mass is 9.66. The summed E-state index contributed by atoms with van der Waals surface area (Å²) in [6.45, 7) is -0.0580. The highest BCUT2D eigenvalue weighted by Gasteiger charge is 2.78. The van der Waals surface area contributed by atoms with Gasteiger partial charge in [0.1, 0.15) is 6.61 Å². The summed E-state index contributed by atoms with van der Waals surface area (Å²) < 4.78 is 50.4. The molecule has 2 heterocycles. The second-order valence-corrected chi connectivity index (χ2v) is 8.30. The molecule has 2 aliphatic carbocycles. The fourth-order valence-electron chi connectivity index (χ4n) is 5.15. The Kier molecular flexibility index (Phi) is 4.14. The number of carboxylic acid groups (broad SMARTS) is 1. The van der Waals surface area contributed by atoms with Crippen LogP contribution in [0.1, 0.15) is 29.9 Å². The monoisotopic (exact) mass is 433 g/mol. The Morgan fingerprint density at radius 1 is 1.06 bits per heavy atom. The maximum Gasteiger partial charge on any atom is 0.416 e. The number of benzene rings is 2. The molecule has 0 spiro atoms. The van der Waals surface area contributed by atoms with Crippen LogP contribution in [0.15, 0.2) is 48.5 Å². The van der Waals surface area contributed by atoms with E-state index in [1.165, 1.54) is 0 Å². The third-order valence-electron chi connectivity index (χ3n) is 6.43. The Morgan fingerprint density at radius 3 is 2.13 bits per heavy atom. The molecule has 6 rings (SSSR count). The van der Waals surface area contributed by atoms with Crippen molar-refractivity contribution in [2.24, 2.45) is 0 Å². The molecule has 2 saturated heterocycles. The summed E-state index contributed by atoms with van der Waals surface area (Å²) in [7, 11) is 0. The maximum atomic E-state index is 13.4. The third-order valence-corrected chi connectivity index (χ3v) is 6.43. The largest absolute Gasteiger partial charge is 0.479 e. The van der Waals surface area contributed by atoms with Crippen LogP contribution < -0.4 is 5.32 Å². The van der Waals surface area contributed by atoms with Gasteiger partial charge in [-0.3, -0.25) is 0 Å². The fourth-order valence-corrected chi connectivity index (χ4v) is 5.15. The summed E-state index contributed by atoms with van der Waals surface area (Å²) in [6.07, 6.45) is -9.14. The number of alkyl halides is 3. The van der Waals surface area contributed by atoms with Crippen molar-refractivity contribution < 1.29 is 37.3 Å². The number of carbonyl (C=O) groups excluding carboxylic acids is 1. The van der Waals surface area contributed by atoms with E-state index in [1.54, 1.807) is 0 Å². The van der Waals surface area contributed by atoms with Crippen molar-refractivity contribution in [3.05, 3.63) is 59.7 Å². The molecule has 2 aromatic rings. The number of ether oxygens (including phenoxy) is 2. The second kappa shape index (κ2) is 6.46. The molecular formula is C22H18F3NO5. The number of fused-ring (bicyclic) bond motifs is 4. The van der Waals surface area contributed by atoms with E-state index < -0.39 is 48.3 Å². The molecule has 1 amide bonds. The molecule has 9 heteroatoms. The van der Waals surface area contributed by atoms with E-state index >= 15 is 0 Å². The van der Waals surface area contributed by atoms with Gasteiger partial charge in [0.05, 0.1) is 5.54 Å². The van der Waals surface area contributed by atoms with Gasteiger partial charge in [-0.05, 0) is 22.3 Å². The van der Waals surface area contributed by atoms with Crippen LogP contribution in [0, 0.1) is 0 Å². The lowest BCUT2D eigenvalue weighted by molar-refractivity contribution is -0.221. The number of amides is 1. The standard InChI is InChI=1S/C22H18F3NO5/c23-22(24,25)17-20(10-21(11-20,31-17)18(27)28)26-19(29)30-9-16-14-7-3-1-5-12(14)13-6-2-4-8-15(13)16/h1-8,16-17H,9-11H2,(H,26,29)(H,27,28). The average Bonchev–Trinajstić information content (AvgIpc) is 3.31. The molecule has 0 radical (unpaired) electrons. The lowest BCUT2D eigenvalue weighted by Crippen LogP contribution is -2.65. The first kappa shape index (κ1) is 19.9. The van der Waals surface area contributed by atoms with Crippen molar-refractivity contribution in [2.45, 2.75) is 42.2 Å².